The first-order chi connectivity index (χ1) is 4.84. The van der Waals surface area contributed by atoms with Crippen molar-refractivity contribution in [3.05, 3.63) is 42.1 Å². The number of rotatable bonds is 1. The molecule has 1 heteroatoms. The normalized spacial score (nSPS) is 8.40. The zero-order valence-electron chi connectivity index (χ0n) is 5.67. The summed E-state index contributed by atoms with van der Waals surface area (Å²) in [5.41, 5.74) is 10.0. The summed E-state index contributed by atoms with van der Waals surface area (Å²) in [4.78, 5) is 0. The lowest BCUT2D eigenvalue weighted by atomic mass is 10.2. The fourth-order valence-corrected chi connectivity index (χ4v) is 0.752. The van der Waals surface area contributed by atoms with E-state index in [1.54, 1.807) is 6.08 Å². The minimum Gasteiger partial charge on any atom is -0.398 e. The van der Waals surface area contributed by atoms with Gasteiger partial charge in [0.25, 0.3) is 0 Å². The van der Waals surface area contributed by atoms with Crippen LogP contribution in [0.2, 0.25) is 0 Å². The maximum absolute atomic E-state index is 5.61. The monoisotopic (exact) mass is 131 g/mol. The van der Waals surface area contributed by atoms with Crippen LogP contribution < -0.4 is 5.73 Å². The van der Waals surface area contributed by atoms with Gasteiger partial charge in [-0.3, -0.25) is 0 Å². The van der Waals surface area contributed by atoms with E-state index < -0.39 is 0 Å². The van der Waals surface area contributed by atoms with Crippen molar-refractivity contribution in [1.29, 1.82) is 0 Å². The predicted octanol–water partition coefficient (Wildman–Crippen LogP) is 2.07. The Morgan fingerprint density at radius 2 is 2.10 bits per heavy atom. The molecule has 0 fully saturated rings. The zero-order chi connectivity index (χ0) is 7.40. The summed E-state index contributed by atoms with van der Waals surface area (Å²) in [6.45, 7) is 3.46. The third kappa shape index (κ3) is 1.28. The van der Waals surface area contributed by atoms with Gasteiger partial charge in [-0.25, -0.2) is 0 Å². The van der Waals surface area contributed by atoms with Gasteiger partial charge in [0, 0.05) is 11.3 Å². The van der Waals surface area contributed by atoms with Crippen molar-refractivity contribution in [3.63, 3.8) is 0 Å². The maximum Gasteiger partial charge on any atom is 0.0393 e. The number of para-hydroxylation sites is 1. The predicted molar refractivity (Wildman–Crippen MR) is 44.5 cm³/mol. The molecule has 0 aromatic heterocycles. The smallest absolute Gasteiger partial charge is 0.0393 e. The van der Waals surface area contributed by atoms with Crippen LogP contribution in [-0.2, 0) is 0 Å². The van der Waals surface area contributed by atoms with Crippen LogP contribution in [0.15, 0.2) is 36.6 Å². The summed E-state index contributed by atoms with van der Waals surface area (Å²) in [6, 6.07) is 7.60. The minimum atomic E-state index is 0.763. The van der Waals surface area contributed by atoms with Gasteiger partial charge >= 0.3 is 0 Å². The first-order valence-corrected chi connectivity index (χ1v) is 3.05. The highest BCUT2D eigenvalue weighted by molar-refractivity contribution is 5.63. The van der Waals surface area contributed by atoms with E-state index in [1.165, 1.54) is 0 Å². The highest BCUT2D eigenvalue weighted by atomic mass is 14.5. The van der Waals surface area contributed by atoms with Gasteiger partial charge < -0.3 is 5.73 Å². The molecule has 0 bridgehead atoms. The summed E-state index contributed by atoms with van der Waals surface area (Å²) in [5, 5.41) is 0. The fraction of sp³-hybridized carbons (Fsp3) is 0. The third-order valence-corrected chi connectivity index (χ3v) is 1.25. The second-order valence-corrected chi connectivity index (χ2v) is 1.98. The molecular weight excluding hydrogens is 122 g/mol. The molecule has 0 spiro atoms. The molecule has 10 heavy (non-hydrogen) atoms. The maximum atomic E-state index is 5.61. The van der Waals surface area contributed by atoms with Crippen LogP contribution in [-0.4, -0.2) is 0 Å². The van der Waals surface area contributed by atoms with Gasteiger partial charge in [0.05, 0.1) is 0 Å². The van der Waals surface area contributed by atoms with Crippen molar-refractivity contribution in [2.24, 2.45) is 0 Å². The number of nitrogen functional groups attached to an aromatic ring is 1. The molecular formula is C9H9N. The summed E-state index contributed by atoms with van der Waals surface area (Å²) < 4.78 is 0. The van der Waals surface area contributed by atoms with Crippen molar-refractivity contribution in [2.75, 3.05) is 5.73 Å². The molecule has 0 atom stereocenters. The Labute approximate surface area is 60.5 Å². The Hall–Kier alpha value is -1.46. The Morgan fingerprint density at radius 3 is 2.70 bits per heavy atom. The highest BCUT2D eigenvalue weighted by Crippen LogP contribution is 2.10. The van der Waals surface area contributed by atoms with Crippen LogP contribution in [0.3, 0.4) is 0 Å². The Balaban J connectivity index is 3.14. The molecule has 0 unspecified atom stereocenters. The molecule has 1 aromatic carbocycles. The Kier molecular flexibility index (Phi) is 1.93. The van der Waals surface area contributed by atoms with Gasteiger partial charge in [0.2, 0.25) is 0 Å². The van der Waals surface area contributed by atoms with Gasteiger partial charge in [-0.1, -0.05) is 24.8 Å². The van der Waals surface area contributed by atoms with Crippen LogP contribution in [0.4, 0.5) is 5.69 Å². The topological polar surface area (TPSA) is 26.0 Å². The number of anilines is 1. The quantitative estimate of drug-likeness (QED) is 0.458. The second-order valence-electron chi connectivity index (χ2n) is 1.98. The number of benzene rings is 1. The number of nitrogens with two attached hydrogens (primary N) is 1. The minimum absolute atomic E-state index is 0.763. The van der Waals surface area contributed by atoms with Crippen molar-refractivity contribution in [3.8, 4) is 0 Å². The van der Waals surface area contributed by atoms with Gasteiger partial charge in [-0.15, -0.1) is 5.73 Å². The molecule has 0 amide bonds. The average Bonchev–Trinajstić information content (AvgIpc) is 1.94. The lowest BCUT2D eigenvalue weighted by molar-refractivity contribution is 1.64. The number of hydrogen-bond donors (Lipinski definition) is 1. The van der Waals surface area contributed by atoms with Crippen molar-refractivity contribution >= 4 is 11.8 Å². The van der Waals surface area contributed by atoms with Crippen LogP contribution in [0.5, 0.6) is 0 Å². The van der Waals surface area contributed by atoms with Crippen LogP contribution in [0, 0.1) is 0 Å². The molecule has 1 nitrogen and oxygen atoms in total. The summed E-state index contributed by atoms with van der Waals surface area (Å²) in [6.07, 6.45) is 1.76. The largest absolute Gasteiger partial charge is 0.398 e. The third-order valence-electron chi connectivity index (χ3n) is 1.25. The molecule has 0 heterocycles. The number of hydrogen-bond acceptors (Lipinski definition) is 1. The van der Waals surface area contributed by atoms with Crippen molar-refractivity contribution < 1.29 is 0 Å². The van der Waals surface area contributed by atoms with E-state index in [0.717, 1.165) is 11.3 Å². The SMILES string of the molecule is C=C=Cc1ccccc1N. The first-order valence-electron chi connectivity index (χ1n) is 3.05. The lowest BCUT2D eigenvalue weighted by Gasteiger charge is -1.95. The molecule has 1 aromatic rings. The zero-order valence-corrected chi connectivity index (χ0v) is 5.67. The van der Waals surface area contributed by atoms with Crippen molar-refractivity contribution in [1.82, 2.24) is 0 Å². The van der Waals surface area contributed by atoms with E-state index >= 15 is 0 Å². The first kappa shape index (κ1) is 6.66. The van der Waals surface area contributed by atoms with E-state index in [9.17, 15) is 0 Å². The van der Waals surface area contributed by atoms with Crippen LogP contribution in [0.1, 0.15) is 5.56 Å². The molecule has 0 radical (unpaired) electrons. The van der Waals surface area contributed by atoms with E-state index in [0.29, 0.717) is 0 Å². The molecule has 0 aliphatic heterocycles. The van der Waals surface area contributed by atoms with Crippen LogP contribution in [0.25, 0.3) is 6.08 Å². The molecule has 0 saturated carbocycles. The molecule has 2 N–H and O–H groups in total. The van der Waals surface area contributed by atoms with E-state index in [2.05, 4.69) is 12.3 Å². The molecule has 50 valence electrons. The van der Waals surface area contributed by atoms with Crippen LogP contribution >= 0.6 is 0 Å². The second kappa shape index (κ2) is 2.90. The Bertz CT molecular complexity index is 270. The standard InChI is InChI=1S/C9H9N/c1-2-5-8-6-3-4-7-9(8)10/h3-7H,1,10H2. The molecule has 0 aliphatic rings. The van der Waals surface area contributed by atoms with Gasteiger partial charge in [-0.05, 0) is 12.1 Å². The average molecular weight is 131 g/mol. The van der Waals surface area contributed by atoms with Gasteiger partial charge in [0.15, 0.2) is 0 Å². The van der Waals surface area contributed by atoms with E-state index in [-0.39, 0.29) is 0 Å². The molecule has 0 aliphatic carbocycles. The lowest BCUT2D eigenvalue weighted by Crippen LogP contribution is -1.86. The summed E-state index contributed by atoms with van der Waals surface area (Å²) >= 11 is 0. The Morgan fingerprint density at radius 1 is 1.40 bits per heavy atom. The van der Waals surface area contributed by atoms with E-state index in [4.69, 9.17) is 5.73 Å². The molecule has 1 rings (SSSR count). The summed E-state index contributed by atoms with van der Waals surface area (Å²) in [7, 11) is 0. The van der Waals surface area contributed by atoms with Gasteiger partial charge in [0.1, 0.15) is 0 Å². The molecule has 0 saturated heterocycles. The van der Waals surface area contributed by atoms with E-state index in [1.807, 2.05) is 24.3 Å². The van der Waals surface area contributed by atoms with Crippen molar-refractivity contribution in [2.45, 2.75) is 0 Å². The summed E-state index contributed by atoms with van der Waals surface area (Å²) in [5.74, 6) is 0. The van der Waals surface area contributed by atoms with Gasteiger partial charge in [-0.2, -0.15) is 0 Å². The highest BCUT2D eigenvalue weighted by Gasteiger charge is 1.88. The fourth-order valence-electron chi connectivity index (χ4n) is 0.752.